The minimum atomic E-state index is -0.760. The number of hydrogen-bond donors (Lipinski definition) is 1. The highest BCUT2D eigenvalue weighted by Crippen LogP contribution is 2.43. The normalized spacial score (nSPS) is 16.4. The van der Waals surface area contributed by atoms with Gasteiger partial charge in [0, 0.05) is 17.7 Å². The minimum absolute atomic E-state index is 0.102. The van der Waals surface area contributed by atoms with E-state index >= 15 is 0 Å². The van der Waals surface area contributed by atoms with Crippen molar-refractivity contribution < 1.29 is 24.2 Å². The molecule has 2 aromatic rings. The van der Waals surface area contributed by atoms with Crippen molar-refractivity contribution in [2.24, 2.45) is 5.92 Å². The zero-order valence-electron chi connectivity index (χ0n) is 17.7. The highest BCUT2D eigenvalue weighted by Gasteiger charge is 2.45. The number of Topliss-reactive ketones (excluding diaryl/α,β-unsaturated/α-hetero) is 1. The van der Waals surface area contributed by atoms with E-state index in [1.807, 2.05) is 32.0 Å². The molecule has 1 heterocycles. The smallest absolute Gasteiger partial charge is 0.294 e. The lowest BCUT2D eigenvalue weighted by Crippen LogP contribution is -2.31. The first-order valence-corrected chi connectivity index (χ1v) is 10.2. The van der Waals surface area contributed by atoms with Gasteiger partial charge in [-0.1, -0.05) is 32.0 Å². The van der Waals surface area contributed by atoms with Gasteiger partial charge < -0.3 is 14.6 Å². The van der Waals surface area contributed by atoms with Gasteiger partial charge in [0.25, 0.3) is 5.91 Å². The van der Waals surface area contributed by atoms with Gasteiger partial charge in [-0.25, -0.2) is 0 Å². The molecule has 0 aliphatic carbocycles. The fourth-order valence-corrected chi connectivity index (χ4v) is 3.58. The predicted molar refractivity (Wildman–Crippen MR) is 115 cm³/mol. The van der Waals surface area contributed by atoms with Gasteiger partial charge in [-0.3, -0.25) is 14.5 Å². The summed E-state index contributed by atoms with van der Waals surface area (Å²) in [6.07, 6.45) is 0. The van der Waals surface area contributed by atoms with Gasteiger partial charge in [0.05, 0.1) is 24.8 Å². The average molecular weight is 409 g/mol. The molecule has 0 spiro atoms. The molecule has 0 fully saturated rings. The number of ether oxygens (including phenoxy) is 2. The van der Waals surface area contributed by atoms with E-state index in [1.165, 1.54) is 4.90 Å². The Morgan fingerprint density at radius 1 is 1.03 bits per heavy atom. The van der Waals surface area contributed by atoms with Crippen LogP contribution < -0.4 is 14.4 Å². The van der Waals surface area contributed by atoms with Crippen LogP contribution in [0.3, 0.4) is 0 Å². The number of nitrogens with zero attached hydrogens (tertiary/aromatic N) is 1. The quantitative estimate of drug-likeness (QED) is 0.689. The van der Waals surface area contributed by atoms with E-state index in [1.54, 1.807) is 44.2 Å². The molecule has 0 saturated heterocycles. The second-order valence-corrected chi connectivity index (χ2v) is 7.29. The van der Waals surface area contributed by atoms with Crippen LogP contribution in [0.15, 0.2) is 59.9 Å². The van der Waals surface area contributed by atoms with Crippen molar-refractivity contribution in [1.82, 2.24) is 0 Å². The molecule has 0 aromatic heterocycles. The highest BCUT2D eigenvalue weighted by atomic mass is 16.5. The van der Waals surface area contributed by atoms with Crippen LogP contribution >= 0.6 is 0 Å². The maximum Gasteiger partial charge on any atom is 0.294 e. The molecule has 1 unspecified atom stereocenters. The molecule has 6 heteroatoms. The number of carbonyl (C=O) groups is 2. The second-order valence-electron chi connectivity index (χ2n) is 7.29. The number of ketones is 1. The van der Waals surface area contributed by atoms with Crippen LogP contribution in [-0.2, 0) is 9.59 Å². The van der Waals surface area contributed by atoms with Gasteiger partial charge in [0.2, 0.25) is 0 Å². The first kappa shape index (κ1) is 21.4. The molecular weight excluding hydrogens is 382 g/mol. The molecule has 0 radical (unpaired) electrons. The van der Waals surface area contributed by atoms with Crippen LogP contribution in [0, 0.1) is 5.92 Å². The monoisotopic (exact) mass is 409 g/mol. The third-order valence-corrected chi connectivity index (χ3v) is 4.89. The summed E-state index contributed by atoms with van der Waals surface area (Å²) >= 11 is 0. The molecule has 1 N–H and O–H groups in total. The SMILES string of the molecule is CCOc1cccc(C2C(C(=O)C(C)C)=C(O)C(=O)N2c2cccc(OCC)c2)c1. The van der Waals surface area contributed by atoms with Crippen molar-refractivity contribution in [2.75, 3.05) is 18.1 Å². The van der Waals surface area contributed by atoms with Crippen molar-refractivity contribution in [2.45, 2.75) is 33.7 Å². The summed E-state index contributed by atoms with van der Waals surface area (Å²) < 4.78 is 11.2. The third kappa shape index (κ3) is 4.03. The molecule has 158 valence electrons. The van der Waals surface area contributed by atoms with Crippen LogP contribution in [-0.4, -0.2) is 30.0 Å². The van der Waals surface area contributed by atoms with Gasteiger partial charge >= 0.3 is 0 Å². The second kappa shape index (κ2) is 9.03. The summed E-state index contributed by atoms with van der Waals surface area (Å²) in [7, 11) is 0. The number of anilines is 1. The largest absolute Gasteiger partial charge is 0.503 e. The molecule has 1 amide bonds. The first-order valence-electron chi connectivity index (χ1n) is 10.2. The van der Waals surface area contributed by atoms with E-state index in [4.69, 9.17) is 9.47 Å². The van der Waals surface area contributed by atoms with Crippen molar-refractivity contribution in [3.63, 3.8) is 0 Å². The molecule has 1 aliphatic rings. The van der Waals surface area contributed by atoms with E-state index in [2.05, 4.69) is 0 Å². The Labute approximate surface area is 176 Å². The minimum Gasteiger partial charge on any atom is -0.503 e. The number of benzene rings is 2. The Hall–Kier alpha value is -3.28. The predicted octanol–water partition coefficient (Wildman–Crippen LogP) is 4.61. The molecule has 6 nitrogen and oxygen atoms in total. The summed E-state index contributed by atoms with van der Waals surface area (Å²) in [6.45, 7) is 8.24. The molecular formula is C24H27NO5. The fourth-order valence-electron chi connectivity index (χ4n) is 3.58. The van der Waals surface area contributed by atoms with Crippen LogP contribution in [0.4, 0.5) is 5.69 Å². The maximum atomic E-state index is 13.1. The number of amides is 1. The standard InChI is InChI=1S/C24H27NO5/c1-5-29-18-11-7-9-16(13-18)21-20(22(26)15(3)4)23(27)24(28)25(21)17-10-8-12-19(14-17)30-6-2/h7-15,21,27H,5-6H2,1-4H3. The molecule has 2 aromatic carbocycles. The number of aliphatic hydroxyl groups excluding tert-OH is 1. The molecule has 1 aliphatic heterocycles. The van der Waals surface area contributed by atoms with Gasteiger partial charge in [-0.15, -0.1) is 0 Å². The lowest BCUT2D eigenvalue weighted by atomic mass is 9.91. The molecule has 0 saturated carbocycles. The van der Waals surface area contributed by atoms with Crippen molar-refractivity contribution in [3.05, 3.63) is 65.4 Å². The van der Waals surface area contributed by atoms with Crippen molar-refractivity contribution in [1.29, 1.82) is 0 Å². The summed E-state index contributed by atoms with van der Waals surface area (Å²) in [4.78, 5) is 27.5. The van der Waals surface area contributed by atoms with Gasteiger partial charge in [-0.2, -0.15) is 0 Å². The third-order valence-electron chi connectivity index (χ3n) is 4.89. The van der Waals surface area contributed by atoms with E-state index in [9.17, 15) is 14.7 Å². The molecule has 1 atom stereocenters. The molecule has 3 rings (SSSR count). The zero-order valence-corrected chi connectivity index (χ0v) is 17.7. The van der Waals surface area contributed by atoms with Crippen molar-refractivity contribution >= 4 is 17.4 Å². The summed E-state index contributed by atoms with van der Waals surface area (Å²) in [5.41, 5.74) is 1.32. The Morgan fingerprint density at radius 2 is 1.63 bits per heavy atom. The lowest BCUT2D eigenvalue weighted by molar-refractivity contribution is -0.119. The molecule has 30 heavy (non-hydrogen) atoms. The van der Waals surface area contributed by atoms with Gasteiger partial charge in [0.1, 0.15) is 11.5 Å². The summed E-state index contributed by atoms with van der Waals surface area (Å²) in [5.74, 6) is -0.527. The maximum absolute atomic E-state index is 13.1. The average Bonchev–Trinajstić information content (AvgIpc) is 2.99. The number of aliphatic hydroxyl groups is 1. The molecule has 0 bridgehead atoms. The van der Waals surface area contributed by atoms with E-state index < -0.39 is 17.7 Å². The fraction of sp³-hybridized carbons (Fsp3) is 0.333. The number of rotatable bonds is 8. The van der Waals surface area contributed by atoms with Crippen LogP contribution in [0.25, 0.3) is 0 Å². The summed E-state index contributed by atoms with van der Waals surface area (Å²) in [6, 6.07) is 13.6. The Morgan fingerprint density at radius 3 is 2.23 bits per heavy atom. The summed E-state index contributed by atoms with van der Waals surface area (Å²) in [5, 5.41) is 10.7. The van der Waals surface area contributed by atoms with Crippen LogP contribution in [0.5, 0.6) is 11.5 Å². The number of carbonyl (C=O) groups excluding carboxylic acids is 2. The van der Waals surface area contributed by atoms with Crippen LogP contribution in [0.1, 0.15) is 39.3 Å². The van der Waals surface area contributed by atoms with Gasteiger partial charge in [0.15, 0.2) is 11.5 Å². The van der Waals surface area contributed by atoms with Crippen LogP contribution in [0.2, 0.25) is 0 Å². The van der Waals surface area contributed by atoms with E-state index in [0.29, 0.717) is 36.0 Å². The topological polar surface area (TPSA) is 76.1 Å². The Kier molecular flexibility index (Phi) is 6.45. The lowest BCUT2D eigenvalue weighted by Gasteiger charge is -2.28. The Bertz CT molecular complexity index is 979. The zero-order chi connectivity index (χ0) is 21.8. The highest BCUT2D eigenvalue weighted by molar-refractivity contribution is 6.16. The van der Waals surface area contributed by atoms with Crippen molar-refractivity contribution in [3.8, 4) is 11.5 Å². The first-order chi connectivity index (χ1) is 14.4. The van der Waals surface area contributed by atoms with Gasteiger partial charge in [-0.05, 0) is 43.7 Å². The Balaban J connectivity index is 2.16. The number of hydrogen-bond acceptors (Lipinski definition) is 5. The van der Waals surface area contributed by atoms with E-state index in [0.717, 1.165) is 0 Å². The van der Waals surface area contributed by atoms with E-state index in [-0.39, 0.29) is 17.3 Å².